The molecule has 23 heavy (non-hydrogen) atoms. The Kier molecular flexibility index (Phi) is 3.50. The van der Waals surface area contributed by atoms with E-state index in [1.165, 1.54) is 4.57 Å². The second-order valence-corrected chi connectivity index (χ2v) is 5.51. The fourth-order valence-electron chi connectivity index (χ4n) is 2.78. The van der Waals surface area contributed by atoms with Crippen LogP contribution in [-0.2, 0) is 9.59 Å². The van der Waals surface area contributed by atoms with Gasteiger partial charge >= 0.3 is 0 Å². The molecule has 9 heteroatoms. The highest BCUT2D eigenvalue weighted by atomic mass is 16.2. The van der Waals surface area contributed by atoms with E-state index in [-0.39, 0.29) is 23.0 Å². The summed E-state index contributed by atoms with van der Waals surface area (Å²) in [6, 6.07) is 2.24. The fraction of sp³-hybridized carbons (Fsp3) is 0.286. The molecule has 0 spiro atoms. The van der Waals surface area contributed by atoms with Crippen LogP contribution in [0.5, 0.6) is 0 Å². The average Bonchev–Trinajstić information content (AvgIpc) is 2.48. The van der Waals surface area contributed by atoms with E-state index in [2.05, 4.69) is 10.3 Å². The number of amides is 2. The largest absolute Gasteiger partial charge is 0.398 e. The number of aryl methyl sites for hydroxylation is 1. The molecular weight excluding hydrogens is 294 g/mol. The predicted molar refractivity (Wildman–Crippen MR) is 86.8 cm³/mol. The van der Waals surface area contributed by atoms with E-state index in [9.17, 15) is 14.4 Å². The smallest absolute Gasteiger partial charge is 0.264 e. The topological polar surface area (TPSA) is 107 Å². The van der Waals surface area contributed by atoms with Crippen LogP contribution < -0.4 is 22.1 Å². The van der Waals surface area contributed by atoms with Crippen molar-refractivity contribution in [2.45, 2.75) is 25.2 Å². The fourth-order valence-corrected chi connectivity index (χ4v) is 2.78. The number of hydrogen-bond acceptors (Lipinski definition) is 5. The number of carbonyl (C=O) groups is 2. The Labute approximate surface area is 134 Å². The number of nitrogen functional groups attached to an aromatic ring is 1. The third kappa shape index (κ3) is 2.32. The molecule has 0 saturated carbocycles. The van der Waals surface area contributed by atoms with E-state index in [1.54, 1.807) is 19.1 Å². The van der Waals surface area contributed by atoms with Crippen molar-refractivity contribution in [2.24, 2.45) is 0 Å². The van der Waals surface area contributed by atoms with Crippen molar-refractivity contribution in [1.29, 1.82) is 0 Å². The van der Waals surface area contributed by atoms with Gasteiger partial charge in [-0.3, -0.25) is 24.3 Å². The van der Waals surface area contributed by atoms with Crippen molar-refractivity contribution in [1.82, 2.24) is 14.9 Å². The maximum atomic E-state index is 12.8. The Morgan fingerprint density at radius 2 is 2.00 bits per heavy atom. The molecule has 1 aliphatic rings. The van der Waals surface area contributed by atoms with Crippen LogP contribution in [0, 0.1) is 6.92 Å². The van der Waals surface area contributed by atoms with Crippen LogP contribution in [-0.4, -0.2) is 37.1 Å². The van der Waals surface area contributed by atoms with Gasteiger partial charge in [-0.1, -0.05) is 11.5 Å². The Morgan fingerprint density at radius 3 is 2.70 bits per heavy atom. The van der Waals surface area contributed by atoms with Crippen molar-refractivity contribution in [2.75, 3.05) is 5.73 Å². The van der Waals surface area contributed by atoms with Gasteiger partial charge in [0, 0.05) is 11.5 Å². The van der Waals surface area contributed by atoms with Gasteiger partial charge in [-0.2, -0.15) is 0 Å². The van der Waals surface area contributed by atoms with Crippen LogP contribution in [0.1, 0.15) is 18.3 Å². The number of carbonyl (C=O) groups excluding carboxylic acids is 2. The number of hydrogen-bond donors (Lipinski definition) is 2. The number of piperidine rings is 1. The summed E-state index contributed by atoms with van der Waals surface area (Å²) in [4.78, 5) is 40.7. The van der Waals surface area contributed by atoms with E-state index < -0.39 is 29.2 Å². The SMILES string of the molecule is [B]c1ccc2nc(C)n(C3CC([B])C(=O)NC3=O)c(=O)c2c1N. The molecule has 1 aromatic heterocycles. The lowest BCUT2D eigenvalue weighted by atomic mass is 9.78. The van der Waals surface area contributed by atoms with Gasteiger partial charge in [0.15, 0.2) is 0 Å². The van der Waals surface area contributed by atoms with Gasteiger partial charge in [-0.05, 0) is 19.4 Å². The average molecular weight is 306 g/mol. The van der Waals surface area contributed by atoms with Crippen LogP contribution in [0.4, 0.5) is 5.69 Å². The molecule has 3 rings (SSSR count). The Balaban J connectivity index is 2.26. The third-order valence-electron chi connectivity index (χ3n) is 4.00. The molecular formula is C14H12B2N4O3. The zero-order chi connectivity index (χ0) is 16.9. The standard InChI is InChI=1S/C14H12B2N4O3/c1-5-18-8-3-2-6(15)11(17)10(8)14(23)20(5)9-4-7(16)12(21)19-13(9)22/h2-3,7,9H,4,17H2,1H3,(H,19,21,22). The molecule has 2 aromatic rings. The van der Waals surface area contributed by atoms with E-state index in [0.29, 0.717) is 11.3 Å². The highest BCUT2D eigenvalue weighted by Crippen LogP contribution is 2.25. The lowest BCUT2D eigenvalue weighted by Gasteiger charge is -2.28. The minimum absolute atomic E-state index is 0.0147. The molecule has 1 fully saturated rings. The van der Waals surface area contributed by atoms with Crippen LogP contribution in [0.15, 0.2) is 16.9 Å². The number of nitrogens with two attached hydrogens (primary N) is 1. The van der Waals surface area contributed by atoms with Crippen molar-refractivity contribution < 1.29 is 9.59 Å². The van der Waals surface area contributed by atoms with Gasteiger partial charge in [-0.25, -0.2) is 4.98 Å². The molecule has 112 valence electrons. The molecule has 0 aliphatic carbocycles. The summed E-state index contributed by atoms with van der Waals surface area (Å²) in [7, 11) is 11.4. The van der Waals surface area contributed by atoms with Gasteiger partial charge in [0.25, 0.3) is 5.56 Å². The number of imide groups is 1. The van der Waals surface area contributed by atoms with Crippen LogP contribution in [0.3, 0.4) is 0 Å². The highest BCUT2D eigenvalue weighted by molar-refractivity contribution is 6.37. The first-order valence-electron chi connectivity index (χ1n) is 6.98. The van der Waals surface area contributed by atoms with Gasteiger partial charge in [0.05, 0.1) is 18.7 Å². The lowest BCUT2D eigenvalue weighted by Crippen LogP contribution is -2.47. The molecule has 2 amide bonds. The zero-order valence-electron chi connectivity index (χ0n) is 12.4. The normalized spacial score (nSPS) is 21.4. The van der Waals surface area contributed by atoms with Crippen LogP contribution in [0.2, 0.25) is 5.82 Å². The summed E-state index contributed by atoms with van der Waals surface area (Å²) in [5, 5.41) is 2.31. The van der Waals surface area contributed by atoms with Crippen LogP contribution >= 0.6 is 0 Å². The van der Waals surface area contributed by atoms with E-state index in [0.717, 1.165) is 0 Å². The number of nitrogens with one attached hydrogen (secondary N) is 1. The van der Waals surface area contributed by atoms with E-state index in [4.69, 9.17) is 21.4 Å². The quantitative estimate of drug-likeness (QED) is 0.384. The summed E-state index contributed by atoms with van der Waals surface area (Å²) in [5.74, 6) is -1.70. The van der Waals surface area contributed by atoms with Crippen molar-refractivity contribution in [3.63, 3.8) is 0 Å². The molecule has 4 radical (unpaired) electrons. The summed E-state index contributed by atoms with van der Waals surface area (Å²) >= 11 is 0. The maximum Gasteiger partial charge on any atom is 0.264 e. The van der Waals surface area contributed by atoms with Gasteiger partial charge in [0.1, 0.15) is 19.7 Å². The first-order chi connectivity index (χ1) is 10.8. The lowest BCUT2D eigenvalue weighted by molar-refractivity contribution is -0.135. The zero-order valence-corrected chi connectivity index (χ0v) is 12.4. The van der Waals surface area contributed by atoms with E-state index in [1.807, 2.05) is 0 Å². The van der Waals surface area contributed by atoms with Gasteiger partial charge in [-0.15, -0.1) is 0 Å². The van der Waals surface area contributed by atoms with Crippen LogP contribution in [0.25, 0.3) is 10.9 Å². The molecule has 1 saturated heterocycles. The first-order valence-corrected chi connectivity index (χ1v) is 6.98. The maximum absolute atomic E-state index is 12.8. The van der Waals surface area contributed by atoms with Crippen molar-refractivity contribution in [3.8, 4) is 0 Å². The molecule has 3 N–H and O–H groups in total. The summed E-state index contributed by atoms with van der Waals surface area (Å²) < 4.78 is 1.21. The number of benzene rings is 1. The number of fused-ring (bicyclic) bond motifs is 1. The minimum Gasteiger partial charge on any atom is -0.398 e. The first kappa shape index (κ1) is 15.3. The van der Waals surface area contributed by atoms with Gasteiger partial charge < -0.3 is 5.73 Å². The summed E-state index contributed by atoms with van der Waals surface area (Å²) in [5.41, 5.74) is 6.17. The van der Waals surface area contributed by atoms with Crippen molar-refractivity contribution in [3.05, 3.63) is 28.3 Å². The summed E-state index contributed by atoms with van der Waals surface area (Å²) in [6.07, 6.45) is 0.0147. The molecule has 2 unspecified atom stereocenters. The second kappa shape index (κ2) is 5.26. The Bertz CT molecular complexity index is 909. The monoisotopic (exact) mass is 306 g/mol. The van der Waals surface area contributed by atoms with E-state index >= 15 is 0 Å². The minimum atomic E-state index is -0.923. The number of nitrogens with zero attached hydrogens (tertiary/aromatic N) is 2. The highest BCUT2D eigenvalue weighted by Gasteiger charge is 2.34. The predicted octanol–water partition coefficient (Wildman–Crippen LogP) is -1.37. The Hall–Kier alpha value is -2.57. The van der Waals surface area contributed by atoms with Gasteiger partial charge in [0.2, 0.25) is 11.8 Å². The molecule has 7 nitrogen and oxygen atoms in total. The molecule has 2 heterocycles. The summed E-state index contributed by atoms with van der Waals surface area (Å²) in [6.45, 7) is 1.60. The number of rotatable bonds is 1. The Morgan fingerprint density at radius 1 is 1.30 bits per heavy atom. The third-order valence-corrected chi connectivity index (χ3v) is 4.00. The number of anilines is 1. The molecule has 0 bridgehead atoms. The van der Waals surface area contributed by atoms with Crippen molar-refractivity contribution >= 4 is 49.6 Å². The second-order valence-electron chi connectivity index (χ2n) is 5.51. The molecule has 1 aromatic carbocycles. The number of aromatic nitrogens is 2. The molecule has 1 aliphatic heterocycles. The molecule has 2 atom stereocenters.